The van der Waals surface area contributed by atoms with Crippen molar-refractivity contribution in [1.82, 2.24) is 5.32 Å². The first-order chi connectivity index (χ1) is 14.1. The van der Waals surface area contributed by atoms with E-state index in [0.717, 1.165) is 5.69 Å². The van der Waals surface area contributed by atoms with Crippen molar-refractivity contribution in [2.24, 2.45) is 11.1 Å². The van der Waals surface area contributed by atoms with E-state index in [1.54, 1.807) is 25.3 Å². The predicted octanol–water partition coefficient (Wildman–Crippen LogP) is 1.71. The van der Waals surface area contributed by atoms with Crippen molar-refractivity contribution in [2.75, 3.05) is 39.3 Å². The number of carbonyl (C=O) groups excluding carboxylic acids is 3. The maximum atomic E-state index is 12.7. The zero-order chi connectivity index (χ0) is 22.7. The van der Waals surface area contributed by atoms with Gasteiger partial charge in [0.25, 0.3) is 5.91 Å². The third-order valence-corrected chi connectivity index (χ3v) is 4.07. The molecule has 0 saturated heterocycles. The molecule has 1 aromatic carbocycles. The van der Waals surface area contributed by atoms with Crippen LogP contribution in [0.4, 0.5) is 5.69 Å². The minimum absolute atomic E-state index is 0.0496. The third-order valence-electron chi connectivity index (χ3n) is 4.07. The number of rotatable bonds is 12. The van der Waals surface area contributed by atoms with Gasteiger partial charge in [-0.2, -0.15) is 0 Å². The molecule has 0 saturated carbocycles. The van der Waals surface area contributed by atoms with E-state index in [9.17, 15) is 14.4 Å². The molecule has 0 aliphatic heterocycles. The number of hydrogen-bond donors (Lipinski definition) is 3. The normalized spacial score (nSPS) is 12.0. The molecule has 0 heterocycles. The summed E-state index contributed by atoms with van der Waals surface area (Å²) in [6.45, 7) is 7.73. The third kappa shape index (κ3) is 9.13. The second-order valence-corrected chi connectivity index (χ2v) is 8.02. The summed E-state index contributed by atoms with van der Waals surface area (Å²) >= 11 is 0. The van der Waals surface area contributed by atoms with Crippen LogP contribution in [0, 0.1) is 5.41 Å². The number of nitrogens with two attached hydrogens (primary N) is 1. The smallest absolute Gasteiger partial charge is 0.328 e. The summed E-state index contributed by atoms with van der Waals surface area (Å²) in [7, 11) is 2.79. The van der Waals surface area contributed by atoms with Crippen molar-refractivity contribution in [2.45, 2.75) is 39.7 Å². The zero-order valence-electron chi connectivity index (χ0n) is 18.4. The maximum Gasteiger partial charge on any atom is 0.328 e. The second kappa shape index (κ2) is 12.0. The number of hydrogen-bond acceptors (Lipinski definition) is 7. The summed E-state index contributed by atoms with van der Waals surface area (Å²) in [5, 5.41) is 5.91. The maximum absolute atomic E-state index is 12.7. The van der Waals surface area contributed by atoms with Gasteiger partial charge in [-0.1, -0.05) is 20.8 Å². The van der Waals surface area contributed by atoms with Gasteiger partial charge >= 0.3 is 5.97 Å². The molecule has 30 heavy (non-hydrogen) atoms. The predicted molar refractivity (Wildman–Crippen MR) is 113 cm³/mol. The van der Waals surface area contributed by atoms with Crippen LogP contribution in [-0.2, 0) is 19.1 Å². The fourth-order valence-electron chi connectivity index (χ4n) is 2.44. The Bertz CT molecular complexity index is 730. The zero-order valence-corrected chi connectivity index (χ0v) is 18.4. The van der Waals surface area contributed by atoms with Crippen molar-refractivity contribution in [3.63, 3.8) is 0 Å². The van der Waals surface area contributed by atoms with Crippen LogP contribution in [0.15, 0.2) is 18.2 Å². The van der Waals surface area contributed by atoms with E-state index in [-0.39, 0.29) is 18.3 Å². The first-order valence-electron chi connectivity index (χ1n) is 9.74. The van der Waals surface area contributed by atoms with Gasteiger partial charge in [-0.05, 0) is 30.0 Å². The summed E-state index contributed by atoms with van der Waals surface area (Å²) < 4.78 is 15.5. The number of methoxy groups -OCH3 is 2. The first kappa shape index (κ1) is 25.2. The van der Waals surface area contributed by atoms with Gasteiger partial charge in [-0.15, -0.1) is 0 Å². The van der Waals surface area contributed by atoms with Crippen molar-refractivity contribution >= 4 is 23.5 Å². The average molecular weight is 424 g/mol. The van der Waals surface area contributed by atoms with Gasteiger partial charge < -0.3 is 30.6 Å². The number of benzene rings is 1. The number of ether oxygens (including phenoxy) is 3. The molecule has 2 amide bonds. The Kier molecular flexibility index (Phi) is 10.1. The van der Waals surface area contributed by atoms with Crippen LogP contribution >= 0.6 is 0 Å². The minimum Gasteiger partial charge on any atom is -0.489 e. The molecule has 0 aliphatic carbocycles. The van der Waals surface area contributed by atoms with E-state index in [1.165, 1.54) is 7.11 Å². The van der Waals surface area contributed by atoms with Gasteiger partial charge in [0, 0.05) is 25.6 Å². The van der Waals surface area contributed by atoms with Gasteiger partial charge in [0.05, 0.1) is 19.4 Å². The highest BCUT2D eigenvalue weighted by Gasteiger charge is 2.23. The lowest BCUT2D eigenvalue weighted by atomic mass is 9.97. The molecule has 0 spiro atoms. The molecule has 0 bridgehead atoms. The van der Waals surface area contributed by atoms with Gasteiger partial charge in [0.1, 0.15) is 18.4 Å². The molecule has 9 heteroatoms. The Balaban J connectivity index is 3.01. The van der Waals surface area contributed by atoms with Crippen molar-refractivity contribution in [3.8, 4) is 5.75 Å². The number of primary amides is 1. The molecular formula is C21H33N3O6. The summed E-state index contributed by atoms with van der Waals surface area (Å²) in [5.74, 6) is -1.21. The van der Waals surface area contributed by atoms with Crippen LogP contribution in [-0.4, -0.2) is 57.8 Å². The molecule has 9 nitrogen and oxygen atoms in total. The standard InChI is InChI=1S/C21H33N3O6/c1-21(2,3)13-23-15-7-6-14(12-17(15)30-11-10-28-4)19(26)24-16(20(27)29-5)8-9-18(22)25/h6-7,12,16,23H,8-11,13H2,1-5H3,(H2,22,25)(H,24,26). The average Bonchev–Trinajstić information content (AvgIpc) is 2.68. The van der Waals surface area contributed by atoms with Gasteiger partial charge in [0.15, 0.2) is 0 Å². The van der Waals surface area contributed by atoms with Crippen molar-refractivity contribution < 1.29 is 28.6 Å². The minimum atomic E-state index is -0.980. The van der Waals surface area contributed by atoms with E-state index in [2.05, 4.69) is 31.4 Å². The Morgan fingerprint density at radius 3 is 2.40 bits per heavy atom. The molecule has 0 fully saturated rings. The van der Waals surface area contributed by atoms with E-state index in [0.29, 0.717) is 31.1 Å². The molecule has 0 radical (unpaired) electrons. The van der Waals surface area contributed by atoms with E-state index >= 15 is 0 Å². The lowest BCUT2D eigenvalue weighted by molar-refractivity contribution is -0.143. The van der Waals surface area contributed by atoms with Crippen LogP contribution in [0.25, 0.3) is 0 Å². The van der Waals surface area contributed by atoms with Crippen LogP contribution < -0.4 is 21.1 Å². The van der Waals surface area contributed by atoms with Crippen molar-refractivity contribution in [3.05, 3.63) is 23.8 Å². The largest absolute Gasteiger partial charge is 0.489 e. The molecule has 0 aliphatic rings. The first-order valence-corrected chi connectivity index (χ1v) is 9.74. The fraction of sp³-hybridized carbons (Fsp3) is 0.571. The Hall–Kier alpha value is -2.81. The number of nitrogens with one attached hydrogen (secondary N) is 2. The molecule has 1 unspecified atom stereocenters. The van der Waals surface area contributed by atoms with Gasteiger partial charge in [0.2, 0.25) is 5.91 Å². The molecule has 0 aromatic heterocycles. The summed E-state index contributed by atoms with van der Waals surface area (Å²) in [6.07, 6.45) is -0.00273. The van der Waals surface area contributed by atoms with Crippen LogP contribution in [0.3, 0.4) is 0 Å². The number of amides is 2. The topological polar surface area (TPSA) is 129 Å². The number of esters is 1. The Morgan fingerprint density at radius 2 is 1.83 bits per heavy atom. The molecule has 1 atom stereocenters. The van der Waals surface area contributed by atoms with E-state index in [4.69, 9.17) is 19.9 Å². The molecule has 1 aromatic rings. The lowest BCUT2D eigenvalue weighted by Crippen LogP contribution is -2.42. The SMILES string of the molecule is COCCOc1cc(C(=O)NC(CCC(N)=O)C(=O)OC)ccc1NCC(C)(C)C. The van der Waals surface area contributed by atoms with Crippen LogP contribution in [0.1, 0.15) is 44.0 Å². The lowest BCUT2D eigenvalue weighted by Gasteiger charge is -2.22. The highest BCUT2D eigenvalue weighted by atomic mass is 16.5. The van der Waals surface area contributed by atoms with Gasteiger partial charge in [-0.25, -0.2) is 4.79 Å². The number of carbonyl (C=O) groups is 3. The van der Waals surface area contributed by atoms with E-state index in [1.807, 2.05) is 0 Å². The van der Waals surface area contributed by atoms with Crippen LogP contribution in [0.2, 0.25) is 0 Å². The molecule has 1 rings (SSSR count). The highest BCUT2D eigenvalue weighted by Crippen LogP contribution is 2.27. The Morgan fingerprint density at radius 1 is 1.13 bits per heavy atom. The number of anilines is 1. The van der Waals surface area contributed by atoms with Crippen molar-refractivity contribution in [1.29, 1.82) is 0 Å². The summed E-state index contributed by atoms with van der Waals surface area (Å²) in [6, 6.07) is 4.00. The highest BCUT2D eigenvalue weighted by molar-refractivity contribution is 5.97. The molecular weight excluding hydrogens is 390 g/mol. The second-order valence-electron chi connectivity index (χ2n) is 8.02. The quantitative estimate of drug-likeness (QED) is 0.345. The monoisotopic (exact) mass is 423 g/mol. The molecule has 4 N–H and O–H groups in total. The van der Waals surface area contributed by atoms with Crippen LogP contribution in [0.5, 0.6) is 5.75 Å². The summed E-state index contributed by atoms with van der Waals surface area (Å²) in [5.41, 5.74) is 6.24. The Labute approximate surface area is 177 Å². The molecule has 168 valence electrons. The van der Waals surface area contributed by atoms with Gasteiger partial charge in [-0.3, -0.25) is 9.59 Å². The van der Waals surface area contributed by atoms with E-state index < -0.39 is 23.8 Å². The summed E-state index contributed by atoms with van der Waals surface area (Å²) in [4.78, 5) is 35.7. The fourth-order valence-corrected chi connectivity index (χ4v) is 2.44.